The molecule has 0 radical (unpaired) electrons. The summed E-state index contributed by atoms with van der Waals surface area (Å²) < 4.78 is 10.4. The molecular formula is C19H34O9P2. The van der Waals surface area contributed by atoms with Gasteiger partial charge in [0.15, 0.2) is 0 Å². The molecule has 1 rings (SSSR count). The first-order chi connectivity index (χ1) is 13.6. The minimum absolute atomic E-state index is 0.0587. The number of benzene rings is 1. The maximum Gasteiger partial charge on any atom is 0.327 e. The highest BCUT2D eigenvalue weighted by Gasteiger charge is 2.47. The van der Waals surface area contributed by atoms with Gasteiger partial charge in [-0.1, -0.05) is 47.6 Å². The van der Waals surface area contributed by atoms with E-state index in [4.69, 9.17) is 9.05 Å². The lowest BCUT2D eigenvalue weighted by Gasteiger charge is -2.42. The molecule has 7 N–H and O–H groups in total. The SMILES string of the molecule is CC(C)(C)c1ccc(O)c(C(C)(C)C)c1C(OP(O)O)C(CO)(CO)COP(O)O. The quantitative estimate of drug-likeness (QED) is 0.270. The van der Waals surface area contributed by atoms with E-state index in [1.54, 1.807) is 12.1 Å². The Bertz CT molecular complexity index is 692. The van der Waals surface area contributed by atoms with Crippen LogP contribution in [0.2, 0.25) is 0 Å². The molecule has 1 aromatic rings. The summed E-state index contributed by atoms with van der Waals surface area (Å²) in [6.07, 6.45) is -1.35. The van der Waals surface area contributed by atoms with E-state index in [0.29, 0.717) is 16.7 Å². The van der Waals surface area contributed by atoms with Gasteiger partial charge in [0, 0.05) is 5.56 Å². The summed E-state index contributed by atoms with van der Waals surface area (Å²) >= 11 is 0. The summed E-state index contributed by atoms with van der Waals surface area (Å²) in [5.74, 6) is -0.0587. The van der Waals surface area contributed by atoms with Gasteiger partial charge in [-0.15, -0.1) is 0 Å². The number of aromatic hydroxyl groups is 1. The van der Waals surface area contributed by atoms with Gasteiger partial charge in [0.05, 0.1) is 25.2 Å². The lowest BCUT2D eigenvalue weighted by molar-refractivity contribution is -0.0738. The van der Waals surface area contributed by atoms with E-state index < -0.39 is 59.4 Å². The van der Waals surface area contributed by atoms with Crippen LogP contribution >= 0.6 is 17.2 Å². The summed E-state index contributed by atoms with van der Waals surface area (Å²) in [4.78, 5) is 37.8. The van der Waals surface area contributed by atoms with Crippen LogP contribution in [-0.4, -0.2) is 54.7 Å². The molecule has 1 unspecified atom stereocenters. The molecule has 0 aromatic heterocycles. The molecule has 30 heavy (non-hydrogen) atoms. The molecule has 1 aromatic carbocycles. The second-order valence-electron chi connectivity index (χ2n) is 9.36. The first kappa shape index (κ1) is 27.6. The molecule has 9 nitrogen and oxygen atoms in total. The highest BCUT2D eigenvalue weighted by molar-refractivity contribution is 7.39. The Morgan fingerprint density at radius 2 is 1.40 bits per heavy atom. The highest BCUT2D eigenvalue weighted by Crippen LogP contribution is 2.52. The van der Waals surface area contributed by atoms with Crippen molar-refractivity contribution in [3.63, 3.8) is 0 Å². The molecule has 0 aliphatic carbocycles. The molecule has 1 atom stereocenters. The number of aliphatic hydroxyl groups is 2. The smallest absolute Gasteiger partial charge is 0.327 e. The first-order valence-corrected chi connectivity index (χ1v) is 11.7. The molecule has 0 bridgehead atoms. The van der Waals surface area contributed by atoms with Gasteiger partial charge < -0.3 is 43.9 Å². The van der Waals surface area contributed by atoms with E-state index in [1.807, 2.05) is 41.5 Å². The van der Waals surface area contributed by atoms with E-state index in [-0.39, 0.29) is 5.75 Å². The number of phenols is 1. The Hall–Kier alpha value is -0.440. The molecule has 0 aliphatic rings. The average molecular weight is 468 g/mol. The maximum atomic E-state index is 10.7. The summed E-state index contributed by atoms with van der Waals surface area (Å²) in [7, 11) is -5.75. The van der Waals surface area contributed by atoms with Gasteiger partial charge in [0.2, 0.25) is 0 Å². The first-order valence-electron chi connectivity index (χ1n) is 9.34. The Kier molecular flexibility index (Phi) is 9.61. The summed E-state index contributed by atoms with van der Waals surface area (Å²) in [6, 6.07) is 3.22. The zero-order valence-electron chi connectivity index (χ0n) is 18.2. The molecule has 11 heteroatoms. The third-order valence-corrected chi connectivity index (χ3v) is 5.66. The number of hydrogen-bond acceptors (Lipinski definition) is 9. The van der Waals surface area contributed by atoms with Crippen molar-refractivity contribution < 1.29 is 43.9 Å². The normalized spacial score (nSPS) is 14.6. The van der Waals surface area contributed by atoms with Crippen LogP contribution in [-0.2, 0) is 19.9 Å². The summed E-state index contributed by atoms with van der Waals surface area (Å²) in [6.45, 7) is 9.31. The summed E-state index contributed by atoms with van der Waals surface area (Å²) in [5, 5.41) is 31.1. The molecule has 0 aliphatic heterocycles. The van der Waals surface area contributed by atoms with Crippen molar-refractivity contribution in [1.82, 2.24) is 0 Å². The standard InChI is InChI=1S/C19H34O9P2/c1-17(2,3)12-7-8-13(22)15(18(4,5)6)14(12)16(28-30(25)26)19(9-20,10-21)11-27-29(23)24/h7-8,16,20-26H,9-11H2,1-6H3. The van der Waals surface area contributed by atoms with Gasteiger partial charge in [-0.2, -0.15) is 0 Å². The lowest BCUT2D eigenvalue weighted by atomic mass is 9.69. The maximum absolute atomic E-state index is 10.7. The highest BCUT2D eigenvalue weighted by atomic mass is 31.2. The number of phenolic OH excluding ortho intramolecular Hbond substituents is 1. The second kappa shape index (κ2) is 10.5. The number of rotatable bonds is 9. The van der Waals surface area contributed by atoms with Crippen molar-refractivity contribution in [1.29, 1.82) is 0 Å². The minimum atomic E-state index is -2.95. The predicted molar refractivity (Wildman–Crippen MR) is 115 cm³/mol. The molecule has 0 heterocycles. The van der Waals surface area contributed by atoms with Crippen molar-refractivity contribution in [2.45, 2.75) is 58.5 Å². The largest absolute Gasteiger partial charge is 0.508 e. The molecule has 0 saturated heterocycles. The number of aliphatic hydroxyl groups excluding tert-OH is 2. The molecule has 174 valence electrons. The monoisotopic (exact) mass is 468 g/mol. The fraction of sp³-hybridized carbons (Fsp3) is 0.684. The van der Waals surface area contributed by atoms with E-state index in [1.165, 1.54) is 0 Å². The van der Waals surface area contributed by atoms with Gasteiger partial charge >= 0.3 is 17.2 Å². The van der Waals surface area contributed by atoms with Gasteiger partial charge in [-0.3, -0.25) is 0 Å². The zero-order chi connectivity index (χ0) is 23.5. The third-order valence-electron chi connectivity index (χ3n) is 4.90. The predicted octanol–water partition coefficient (Wildman–Crippen LogP) is 2.46. The van der Waals surface area contributed by atoms with Crippen LogP contribution in [0.1, 0.15) is 64.3 Å². The van der Waals surface area contributed by atoms with Crippen LogP contribution in [0.3, 0.4) is 0 Å². The Balaban J connectivity index is 3.98. The van der Waals surface area contributed by atoms with Crippen LogP contribution < -0.4 is 0 Å². The Morgan fingerprint density at radius 1 is 0.867 bits per heavy atom. The van der Waals surface area contributed by atoms with Crippen LogP contribution in [0.25, 0.3) is 0 Å². The fourth-order valence-corrected chi connectivity index (χ4v) is 4.35. The minimum Gasteiger partial charge on any atom is -0.508 e. The fourth-order valence-electron chi connectivity index (χ4n) is 3.46. The zero-order valence-corrected chi connectivity index (χ0v) is 20.0. The van der Waals surface area contributed by atoms with Crippen LogP contribution in [0.4, 0.5) is 0 Å². The topological polar surface area (TPSA) is 160 Å². The Labute approximate surface area is 179 Å². The van der Waals surface area contributed by atoms with Crippen molar-refractivity contribution in [2.75, 3.05) is 19.8 Å². The van der Waals surface area contributed by atoms with Crippen LogP contribution in [0.5, 0.6) is 5.75 Å². The third kappa shape index (κ3) is 6.53. The molecular weight excluding hydrogens is 434 g/mol. The van der Waals surface area contributed by atoms with E-state index in [2.05, 4.69) is 0 Å². The van der Waals surface area contributed by atoms with Crippen LogP contribution in [0, 0.1) is 5.41 Å². The molecule has 0 spiro atoms. The van der Waals surface area contributed by atoms with Gasteiger partial charge in [0.1, 0.15) is 11.9 Å². The van der Waals surface area contributed by atoms with Crippen molar-refractivity contribution in [2.24, 2.45) is 5.41 Å². The van der Waals surface area contributed by atoms with Crippen molar-refractivity contribution in [3.05, 3.63) is 28.8 Å². The van der Waals surface area contributed by atoms with Gasteiger partial charge in [-0.25, -0.2) is 0 Å². The second-order valence-corrected chi connectivity index (χ2v) is 10.8. The average Bonchev–Trinajstić information content (AvgIpc) is 2.58. The number of hydrogen-bond donors (Lipinski definition) is 7. The van der Waals surface area contributed by atoms with E-state index in [9.17, 15) is 34.9 Å². The Morgan fingerprint density at radius 3 is 1.77 bits per heavy atom. The van der Waals surface area contributed by atoms with E-state index >= 15 is 0 Å². The van der Waals surface area contributed by atoms with Crippen molar-refractivity contribution in [3.8, 4) is 5.75 Å². The van der Waals surface area contributed by atoms with E-state index in [0.717, 1.165) is 0 Å². The van der Waals surface area contributed by atoms with Crippen LogP contribution in [0.15, 0.2) is 12.1 Å². The molecule has 0 saturated carbocycles. The van der Waals surface area contributed by atoms with Gasteiger partial charge in [0.25, 0.3) is 0 Å². The molecule has 0 amide bonds. The van der Waals surface area contributed by atoms with Crippen molar-refractivity contribution >= 4 is 17.2 Å². The summed E-state index contributed by atoms with van der Waals surface area (Å²) in [5.41, 5.74) is -1.29. The lowest BCUT2D eigenvalue weighted by Crippen LogP contribution is -2.43. The molecule has 0 fully saturated rings. The van der Waals surface area contributed by atoms with Gasteiger partial charge in [-0.05, 0) is 28.0 Å².